The lowest BCUT2D eigenvalue weighted by Gasteiger charge is -2.18. The van der Waals surface area contributed by atoms with Crippen LogP contribution in [0, 0.1) is 5.82 Å². The summed E-state index contributed by atoms with van der Waals surface area (Å²) < 4.78 is 15.6. The molecule has 0 heterocycles. The molecule has 0 fully saturated rings. The Balaban J connectivity index is 2.05. The number of hydrogen-bond acceptors (Lipinski definition) is 1. The first-order chi connectivity index (χ1) is 9.60. The molecule has 0 spiro atoms. The average Bonchev–Trinajstić information content (AvgIpc) is 2.43. The van der Waals surface area contributed by atoms with Crippen molar-refractivity contribution >= 4 is 31.9 Å². The van der Waals surface area contributed by atoms with E-state index in [-0.39, 0.29) is 11.9 Å². The minimum atomic E-state index is -0.183. The summed E-state index contributed by atoms with van der Waals surface area (Å²) >= 11 is 6.70. The van der Waals surface area contributed by atoms with Gasteiger partial charge in [-0.15, -0.1) is 0 Å². The van der Waals surface area contributed by atoms with Crippen LogP contribution >= 0.6 is 31.9 Å². The molecule has 0 saturated carbocycles. The van der Waals surface area contributed by atoms with Crippen LogP contribution in [0.25, 0.3) is 0 Å². The van der Waals surface area contributed by atoms with E-state index in [9.17, 15) is 4.39 Å². The topological polar surface area (TPSA) is 12.0 Å². The standard InChI is InChI=1S/C16H16Br2FN/c1-2-16(11-3-6-13(17)7-4-11)20-10-12-5-8-14(18)9-15(12)19/h3-9,16,20H,2,10H2,1H3. The van der Waals surface area contributed by atoms with Crippen LogP contribution in [-0.2, 0) is 6.54 Å². The molecular weight excluding hydrogens is 385 g/mol. The van der Waals surface area contributed by atoms with Gasteiger partial charge in [0, 0.05) is 27.1 Å². The number of hydrogen-bond donors (Lipinski definition) is 1. The Bertz CT molecular complexity index is 569. The van der Waals surface area contributed by atoms with Crippen molar-refractivity contribution in [3.05, 3.63) is 68.4 Å². The molecule has 106 valence electrons. The Kier molecular flexibility index (Phi) is 5.75. The number of halogens is 3. The van der Waals surface area contributed by atoms with E-state index in [0.717, 1.165) is 15.4 Å². The average molecular weight is 401 g/mol. The summed E-state index contributed by atoms with van der Waals surface area (Å²) in [5.41, 5.74) is 1.90. The van der Waals surface area contributed by atoms with Gasteiger partial charge in [0.15, 0.2) is 0 Å². The van der Waals surface area contributed by atoms with E-state index in [1.807, 2.05) is 18.2 Å². The molecular formula is C16H16Br2FN. The zero-order valence-corrected chi connectivity index (χ0v) is 14.3. The Morgan fingerprint density at radius 1 is 1.05 bits per heavy atom. The van der Waals surface area contributed by atoms with Crippen molar-refractivity contribution in [3.63, 3.8) is 0 Å². The molecule has 1 unspecified atom stereocenters. The van der Waals surface area contributed by atoms with E-state index in [2.05, 4.69) is 56.2 Å². The second-order valence-corrected chi connectivity index (χ2v) is 6.46. The van der Waals surface area contributed by atoms with Gasteiger partial charge in [-0.25, -0.2) is 4.39 Å². The summed E-state index contributed by atoms with van der Waals surface area (Å²) in [4.78, 5) is 0. The van der Waals surface area contributed by atoms with Crippen molar-refractivity contribution in [2.45, 2.75) is 25.9 Å². The normalized spacial score (nSPS) is 12.4. The summed E-state index contributed by atoms with van der Waals surface area (Å²) in [6.45, 7) is 2.64. The van der Waals surface area contributed by atoms with Gasteiger partial charge < -0.3 is 5.32 Å². The van der Waals surface area contributed by atoms with Gasteiger partial charge in [-0.1, -0.05) is 57.0 Å². The predicted octanol–water partition coefficient (Wildman–Crippen LogP) is 5.59. The lowest BCUT2D eigenvalue weighted by Crippen LogP contribution is -2.20. The van der Waals surface area contributed by atoms with Crippen LogP contribution in [-0.4, -0.2) is 0 Å². The second-order valence-electron chi connectivity index (χ2n) is 4.63. The van der Waals surface area contributed by atoms with Crippen LogP contribution < -0.4 is 5.32 Å². The van der Waals surface area contributed by atoms with Gasteiger partial charge in [0.2, 0.25) is 0 Å². The van der Waals surface area contributed by atoms with Crippen molar-refractivity contribution in [2.75, 3.05) is 0 Å². The van der Waals surface area contributed by atoms with Crippen molar-refractivity contribution in [3.8, 4) is 0 Å². The van der Waals surface area contributed by atoms with Gasteiger partial charge >= 0.3 is 0 Å². The maximum Gasteiger partial charge on any atom is 0.128 e. The Morgan fingerprint density at radius 2 is 1.70 bits per heavy atom. The van der Waals surface area contributed by atoms with Crippen molar-refractivity contribution in [1.29, 1.82) is 0 Å². The fourth-order valence-electron chi connectivity index (χ4n) is 2.09. The molecule has 20 heavy (non-hydrogen) atoms. The van der Waals surface area contributed by atoms with E-state index >= 15 is 0 Å². The first-order valence-corrected chi connectivity index (χ1v) is 8.11. The lowest BCUT2D eigenvalue weighted by molar-refractivity contribution is 0.504. The summed E-state index contributed by atoms with van der Waals surface area (Å²) in [5, 5.41) is 3.41. The molecule has 0 aliphatic rings. The minimum absolute atomic E-state index is 0.183. The summed E-state index contributed by atoms with van der Waals surface area (Å²) in [6, 6.07) is 13.6. The van der Waals surface area contributed by atoms with Crippen LogP contribution in [0.4, 0.5) is 4.39 Å². The van der Waals surface area contributed by atoms with E-state index in [1.165, 1.54) is 11.6 Å². The third-order valence-electron chi connectivity index (χ3n) is 3.23. The maximum atomic E-state index is 13.8. The predicted molar refractivity (Wildman–Crippen MR) is 88.1 cm³/mol. The molecule has 0 saturated heterocycles. The highest BCUT2D eigenvalue weighted by Gasteiger charge is 2.10. The van der Waals surface area contributed by atoms with Gasteiger partial charge in [0.05, 0.1) is 0 Å². The molecule has 0 aliphatic carbocycles. The van der Waals surface area contributed by atoms with E-state index in [4.69, 9.17) is 0 Å². The quantitative estimate of drug-likeness (QED) is 0.689. The zero-order chi connectivity index (χ0) is 14.5. The Hall–Kier alpha value is -0.710. The van der Waals surface area contributed by atoms with E-state index in [1.54, 1.807) is 6.07 Å². The molecule has 2 rings (SSSR count). The smallest absolute Gasteiger partial charge is 0.128 e. The van der Waals surface area contributed by atoms with Crippen LogP contribution in [0.2, 0.25) is 0 Å². The number of nitrogens with one attached hydrogen (secondary N) is 1. The lowest BCUT2D eigenvalue weighted by atomic mass is 10.0. The van der Waals surface area contributed by atoms with E-state index in [0.29, 0.717) is 12.1 Å². The second kappa shape index (κ2) is 7.34. The molecule has 0 bridgehead atoms. The number of benzene rings is 2. The molecule has 4 heteroatoms. The van der Waals surface area contributed by atoms with Crippen molar-refractivity contribution < 1.29 is 4.39 Å². The SMILES string of the molecule is CCC(NCc1ccc(Br)cc1F)c1ccc(Br)cc1. The molecule has 2 aromatic rings. The Morgan fingerprint density at radius 3 is 2.30 bits per heavy atom. The third-order valence-corrected chi connectivity index (χ3v) is 4.26. The summed E-state index contributed by atoms with van der Waals surface area (Å²) in [6.07, 6.45) is 0.958. The first-order valence-electron chi connectivity index (χ1n) is 6.53. The molecule has 0 aliphatic heterocycles. The number of rotatable bonds is 5. The van der Waals surface area contributed by atoms with Gasteiger partial charge in [-0.2, -0.15) is 0 Å². The van der Waals surface area contributed by atoms with Gasteiger partial charge in [0.25, 0.3) is 0 Å². The molecule has 2 aromatic carbocycles. The molecule has 1 N–H and O–H groups in total. The van der Waals surface area contributed by atoms with Gasteiger partial charge in [0.1, 0.15) is 5.82 Å². The largest absolute Gasteiger partial charge is 0.306 e. The van der Waals surface area contributed by atoms with Gasteiger partial charge in [-0.3, -0.25) is 0 Å². The summed E-state index contributed by atoms with van der Waals surface area (Å²) in [7, 11) is 0. The van der Waals surface area contributed by atoms with Crippen molar-refractivity contribution in [2.24, 2.45) is 0 Å². The zero-order valence-electron chi connectivity index (χ0n) is 11.2. The van der Waals surface area contributed by atoms with Crippen LogP contribution in [0.15, 0.2) is 51.4 Å². The highest BCUT2D eigenvalue weighted by atomic mass is 79.9. The first kappa shape index (κ1) is 15.7. The highest BCUT2D eigenvalue weighted by Crippen LogP contribution is 2.21. The molecule has 1 nitrogen and oxygen atoms in total. The highest BCUT2D eigenvalue weighted by molar-refractivity contribution is 9.10. The van der Waals surface area contributed by atoms with Crippen molar-refractivity contribution in [1.82, 2.24) is 5.32 Å². The van der Waals surface area contributed by atoms with Gasteiger partial charge in [-0.05, 0) is 36.2 Å². The fourth-order valence-corrected chi connectivity index (χ4v) is 2.69. The van der Waals surface area contributed by atoms with Crippen LogP contribution in [0.3, 0.4) is 0 Å². The maximum absolute atomic E-state index is 13.8. The molecule has 0 radical (unpaired) electrons. The molecule has 0 aromatic heterocycles. The monoisotopic (exact) mass is 399 g/mol. The van der Waals surface area contributed by atoms with E-state index < -0.39 is 0 Å². The third kappa shape index (κ3) is 4.14. The Labute approximate surface area is 135 Å². The van der Waals surface area contributed by atoms with Crippen LogP contribution in [0.5, 0.6) is 0 Å². The minimum Gasteiger partial charge on any atom is -0.306 e. The molecule has 1 atom stereocenters. The van der Waals surface area contributed by atoms with Crippen LogP contribution in [0.1, 0.15) is 30.5 Å². The summed E-state index contributed by atoms with van der Waals surface area (Å²) in [5.74, 6) is -0.183. The molecule has 0 amide bonds. The fraction of sp³-hybridized carbons (Fsp3) is 0.250.